The minimum atomic E-state index is 0.199. The summed E-state index contributed by atoms with van der Waals surface area (Å²) >= 11 is 3.29. The van der Waals surface area contributed by atoms with Crippen molar-refractivity contribution < 1.29 is 5.11 Å². The van der Waals surface area contributed by atoms with E-state index in [2.05, 4.69) is 26.0 Å². The summed E-state index contributed by atoms with van der Waals surface area (Å²) in [5.74, 6) is 0.199. The maximum Gasteiger partial charge on any atom is 0.122 e. The third-order valence-corrected chi connectivity index (χ3v) is 2.03. The van der Waals surface area contributed by atoms with Crippen LogP contribution in [0.5, 0.6) is 5.75 Å². The van der Waals surface area contributed by atoms with Gasteiger partial charge in [0.15, 0.2) is 0 Å². The van der Waals surface area contributed by atoms with Gasteiger partial charge in [0.2, 0.25) is 0 Å². The maximum atomic E-state index is 9.42. The zero-order valence-electron chi connectivity index (χ0n) is 7.26. The molecule has 14 heavy (non-hydrogen) atoms. The lowest BCUT2D eigenvalue weighted by atomic mass is 10.2. The molecule has 1 aromatic rings. The lowest BCUT2D eigenvalue weighted by molar-refractivity contribution is 0.474. The van der Waals surface area contributed by atoms with Gasteiger partial charge < -0.3 is 5.11 Å². The van der Waals surface area contributed by atoms with Crippen molar-refractivity contribution in [1.82, 2.24) is 0 Å². The number of nitrogens with zero attached hydrogens (tertiary/aromatic N) is 3. The Morgan fingerprint density at radius 2 is 2.36 bits per heavy atom. The Labute approximate surface area is 89.6 Å². The molecule has 0 radical (unpaired) electrons. The van der Waals surface area contributed by atoms with E-state index in [-0.39, 0.29) is 12.3 Å². The fourth-order valence-corrected chi connectivity index (χ4v) is 1.30. The van der Waals surface area contributed by atoms with E-state index in [0.717, 1.165) is 4.47 Å². The zero-order chi connectivity index (χ0) is 10.4. The monoisotopic (exact) mass is 253 g/mol. The van der Waals surface area contributed by atoms with Crippen LogP contribution in [-0.2, 0) is 0 Å². The van der Waals surface area contributed by atoms with Crippen molar-refractivity contribution in [3.63, 3.8) is 0 Å². The second-order valence-corrected chi connectivity index (χ2v) is 3.43. The van der Waals surface area contributed by atoms with Crippen molar-refractivity contribution in [3.8, 4) is 5.75 Å². The normalized spacial score (nSPS) is 10.1. The third kappa shape index (κ3) is 3.12. The summed E-state index contributed by atoms with van der Waals surface area (Å²) in [4.78, 5) is 2.61. The summed E-state index contributed by atoms with van der Waals surface area (Å²) in [6.45, 7) is 0.280. The standard InChI is InChI=1S/C9H8BrN3O/c10-8-3-4-9(14)7(6-8)2-1-5-12-13-11/h1-4,6,14H,5H2/b2-1+. The van der Waals surface area contributed by atoms with Gasteiger partial charge in [-0.15, -0.1) is 0 Å². The molecule has 1 aromatic carbocycles. The molecule has 72 valence electrons. The summed E-state index contributed by atoms with van der Waals surface area (Å²) in [5, 5.41) is 12.8. The summed E-state index contributed by atoms with van der Waals surface area (Å²) in [6, 6.07) is 5.12. The van der Waals surface area contributed by atoms with Crippen molar-refractivity contribution in [1.29, 1.82) is 0 Å². The van der Waals surface area contributed by atoms with Gasteiger partial charge in [-0.05, 0) is 23.7 Å². The van der Waals surface area contributed by atoms with E-state index in [1.54, 1.807) is 30.4 Å². The minimum absolute atomic E-state index is 0.199. The fraction of sp³-hybridized carbons (Fsp3) is 0.111. The summed E-state index contributed by atoms with van der Waals surface area (Å²) < 4.78 is 0.888. The molecule has 4 nitrogen and oxygen atoms in total. The van der Waals surface area contributed by atoms with Crippen molar-refractivity contribution in [2.45, 2.75) is 0 Å². The van der Waals surface area contributed by atoms with Gasteiger partial charge in [0.25, 0.3) is 0 Å². The molecule has 0 heterocycles. The zero-order valence-corrected chi connectivity index (χ0v) is 8.85. The van der Waals surface area contributed by atoms with Gasteiger partial charge in [-0.25, -0.2) is 0 Å². The first kappa shape index (κ1) is 10.6. The van der Waals surface area contributed by atoms with Gasteiger partial charge in [-0.1, -0.05) is 33.2 Å². The molecule has 0 spiro atoms. The first-order valence-corrected chi connectivity index (χ1v) is 4.69. The van der Waals surface area contributed by atoms with Crippen LogP contribution in [0.3, 0.4) is 0 Å². The van der Waals surface area contributed by atoms with Gasteiger partial charge in [0.1, 0.15) is 5.75 Å². The molecule has 0 amide bonds. The van der Waals surface area contributed by atoms with E-state index < -0.39 is 0 Å². The number of phenols is 1. The number of hydrogen-bond donors (Lipinski definition) is 1. The first-order valence-electron chi connectivity index (χ1n) is 3.90. The molecule has 0 aliphatic rings. The fourth-order valence-electron chi connectivity index (χ4n) is 0.922. The summed E-state index contributed by atoms with van der Waals surface area (Å²) in [5.41, 5.74) is 8.72. The van der Waals surface area contributed by atoms with Crippen molar-refractivity contribution >= 4 is 22.0 Å². The van der Waals surface area contributed by atoms with Crippen LogP contribution in [0.15, 0.2) is 33.9 Å². The third-order valence-electron chi connectivity index (χ3n) is 1.54. The highest BCUT2D eigenvalue weighted by Gasteiger charge is 1.96. The van der Waals surface area contributed by atoms with Gasteiger partial charge in [0, 0.05) is 21.5 Å². The molecular weight excluding hydrogens is 246 g/mol. The van der Waals surface area contributed by atoms with Crippen LogP contribution in [0.25, 0.3) is 16.5 Å². The van der Waals surface area contributed by atoms with Gasteiger partial charge in [-0.2, -0.15) is 0 Å². The lowest BCUT2D eigenvalue weighted by Gasteiger charge is -1.98. The van der Waals surface area contributed by atoms with E-state index in [4.69, 9.17) is 5.53 Å². The molecule has 1 rings (SSSR count). The van der Waals surface area contributed by atoms with Crippen LogP contribution in [-0.4, -0.2) is 11.7 Å². The molecule has 0 saturated heterocycles. The van der Waals surface area contributed by atoms with Gasteiger partial charge in [0.05, 0.1) is 0 Å². The van der Waals surface area contributed by atoms with E-state index in [9.17, 15) is 5.11 Å². The van der Waals surface area contributed by atoms with E-state index in [1.165, 1.54) is 0 Å². The first-order chi connectivity index (χ1) is 6.74. The second kappa shape index (κ2) is 5.32. The molecule has 1 N–H and O–H groups in total. The Balaban J connectivity index is 2.79. The highest BCUT2D eigenvalue weighted by Crippen LogP contribution is 2.22. The molecule has 0 unspecified atom stereocenters. The number of benzene rings is 1. The highest BCUT2D eigenvalue weighted by atomic mass is 79.9. The van der Waals surface area contributed by atoms with Gasteiger partial charge in [-0.3, -0.25) is 0 Å². The largest absolute Gasteiger partial charge is 0.507 e. The second-order valence-electron chi connectivity index (χ2n) is 2.52. The van der Waals surface area contributed by atoms with Crippen LogP contribution in [0, 0.1) is 0 Å². The number of aromatic hydroxyl groups is 1. The van der Waals surface area contributed by atoms with Crippen molar-refractivity contribution in [3.05, 3.63) is 44.8 Å². The molecule has 0 aliphatic heterocycles. The van der Waals surface area contributed by atoms with Crippen LogP contribution in [0.4, 0.5) is 0 Å². The Morgan fingerprint density at radius 1 is 1.57 bits per heavy atom. The van der Waals surface area contributed by atoms with Crippen LogP contribution in [0.2, 0.25) is 0 Å². The summed E-state index contributed by atoms with van der Waals surface area (Å²) in [6.07, 6.45) is 3.38. The van der Waals surface area contributed by atoms with Crippen molar-refractivity contribution in [2.24, 2.45) is 5.11 Å². The Kier molecular flexibility index (Phi) is 4.04. The molecule has 0 aromatic heterocycles. The highest BCUT2D eigenvalue weighted by molar-refractivity contribution is 9.10. The number of halogens is 1. The Hall–Kier alpha value is -1.45. The predicted molar refractivity (Wildman–Crippen MR) is 58.9 cm³/mol. The Bertz CT molecular complexity index is 397. The lowest BCUT2D eigenvalue weighted by Crippen LogP contribution is -1.76. The topological polar surface area (TPSA) is 69.0 Å². The van der Waals surface area contributed by atoms with Crippen LogP contribution < -0.4 is 0 Å². The average molecular weight is 254 g/mol. The Morgan fingerprint density at radius 3 is 3.07 bits per heavy atom. The molecule has 0 bridgehead atoms. The molecule has 0 fully saturated rings. The minimum Gasteiger partial charge on any atom is -0.507 e. The van der Waals surface area contributed by atoms with Gasteiger partial charge >= 0.3 is 0 Å². The molecule has 0 atom stereocenters. The predicted octanol–water partition coefficient (Wildman–Crippen LogP) is 3.48. The van der Waals surface area contributed by atoms with E-state index >= 15 is 0 Å². The quantitative estimate of drug-likeness (QED) is 0.500. The smallest absolute Gasteiger partial charge is 0.122 e. The maximum absolute atomic E-state index is 9.42. The summed E-state index contributed by atoms with van der Waals surface area (Å²) in [7, 11) is 0. The van der Waals surface area contributed by atoms with Crippen LogP contribution >= 0.6 is 15.9 Å². The van der Waals surface area contributed by atoms with E-state index in [1.807, 2.05) is 0 Å². The van der Waals surface area contributed by atoms with Crippen LogP contribution in [0.1, 0.15) is 5.56 Å². The molecule has 5 heteroatoms. The molecular formula is C9H8BrN3O. The van der Waals surface area contributed by atoms with E-state index in [0.29, 0.717) is 5.56 Å². The number of azide groups is 1. The number of hydrogen-bond acceptors (Lipinski definition) is 2. The average Bonchev–Trinajstić information content (AvgIpc) is 2.18. The number of phenolic OH excluding ortho intramolecular Hbond substituents is 1. The SMILES string of the molecule is [N-]=[N+]=NC/C=C/c1cc(Br)ccc1O. The molecule has 0 aliphatic carbocycles. The van der Waals surface area contributed by atoms with Crippen molar-refractivity contribution in [2.75, 3.05) is 6.54 Å². The molecule has 0 saturated carbocycles. The number of rotatable bonds is 3.